The maximum Gasteiger partial charge on any atom is 0.336 e. The van der Waals surface area contributed by atoms with E-state index >= 15 is 0 Å². The van der Waals surface area contributed by atoms with Crippen LogP contribution in [-0.2, 0) is 19.1 Å². The van der Waals surface area contributed by atoms with Crippen molar-refractivity contribution in [1.29, 1.82) is 0 Å². The summed E-state index contributed by atoms with van der Waals surface area (Å²) in [5.74, 6) is -1.55. The fraction of sp³-hybridized carbons (Fsp3) is 0.421. The lowest BCUT2D eigenvalue weighted by molar-refractivity contribution is -0.139. The molecule has 0 saturated carbocycles. The minimum atomic E-state index is -0.625. The molecule has 1 aliphatic rings. The fourth-order valence-corrected chi connectivity index (χ4v) is 2.90. The summed E-state index contributed by atoms with van der Waals surface area (Å²) >= 11 is 0. The van der Waals surface area contributed by atoms with Gasteiger partial charge in [0, 0.05) is 17.6 Å². The molecule has 1 aromatic rings. The molecule has 6 heteroatoms. The van der Waals surface area contributed by atoms with Crippen molar-refractivity contribution in [3.8, 4) is 0 Å². The first-order chi connectivity index (χ1) is 11.9. The molecule has 0 amide bonds. The van der Waals surface area contributed by atoms with Gasteiger partial charge >= 0.3 is 11.9 Å². The number of nitrogens with one attached hydrogen (secondary N) is 1. The van der Waals surface area contributed by atoms with Crippen molar-refractivity contribution in [2.24, 2.45) is 0 Å². The molecule has 1 aliphatic heterocycles. The van der Waals surface area contributed by atoms with Gasteiger partial charge in [-0.2, -0.15) is 0 Å². The molecular weight excluding hydrogens is 320 g/mol. The Morgan fingerprint density at radius 1 is 1.00 bits per heavy atom. The summed E-state index contributed by atoms with van der Waals surface area (Å²) in [4.78, 5) is 29.6. The lowest BCUT2D eigenvalue weighted by atomic mass is 9.82. The standard InChI is InChI=1S/C19H24N2O4/c1-6-24-18(22)15-12(4)21-13(5)16(19(23)25-7-2)17(15)14-9-8-11(3)10-20-14/h8-10,17,21H,6-7H2,1-5H3. The van der Waals surface area contributed by atoms with E-state index in [4.69, 9.17) is 9.47 Å². The largest absolute Gasteiger partial charge is 0.463 e. The zero-order valence-electron chi connectivity index (χ0n) is 15.3. The number of ether oxygens (including phenoxy) is 2. The summed E-state index contributed by atoms with van der Waals surface area (Å²) < 4.78 is 10.4. The van der Waals surface area contributed by atoms with Crippen LogP contribution in [-0.4, -0.2) is 30.1 Å². The third-order valence-electron chi connectivity index (χ3n) is 3.98. The van der Waals surface area contributed by atoms with Crippen LogP contribution in [0, 0.1) is 6.92 Å². The Hall–Kier alpha value is -2.63. The van der Waals surface area contributed by atoms with Gasteiger partial charge in [-0.1, -0.05) is 6.07 Å². The average molecular weight is 344 g/mol. The van der Waals surface area contributed by atoms with Crippen molar-refractivity contribution in [2.45, 2.75) is 40.5 Å². The highest BCUT2D eigenvalue weighted by atomic mass is 16.5. The van der Waals surface area contributed by atoms with Gasteiger partial charge in [0.05, 0.1) is 36.0 Å². The van der Waals surface area contributed by atoms with Gasteiger partial charge in [0.15, 0.2) is 0 Å². The summed E-state index contributed by atoms with van der Waals surface area (Å²) in [6.07, 6.45) is 1.72. The van der Waals surface area contributed by atoms with Gasteiger partial charge in [0.2, 0.25) is 0 Å². The van der Waals surface area contributed by atoms with Crippen LogP contribution in [0.25, 0.3) is 0 Å². The Balaban J connectivity index is 2.61. The highest BCUT2D eigenvalue weighted by molar-refractivity contribution is 5.99. The molecule has 2 heterocycles. The van der Waals surface area contributed by atoms with E-state index in [0.29, 0.717) is 28.2 Å². The molecule has 0 saturated heterocycles. The monoisotopic (exact) mass is 344 g/mol. The summed E-state index contributed by atoms with van der Waals surface area (Å²) in [5.41, 5.74) is 3.66. The first-order valence-electron chi connectivity index (χ1n) is 8.36. The third-order valence-corrected chi connectivity index (χ3v) is 3.98. The number of pyridine rings is 1. The van der Waals surface area contributed by atoms with Crippen LogP contribution < -0.4 is 5.32 Å². The molecule has 6 nitrogen and oxygen atoms in total. The first kappa shape index (κ1) is 18.7. The van der Waals surface area contributed by atoms with Crippen LogP contribution in [0.3, 0.4) is 0 Å². The summed E-state index contributed by atoms with van der Waals surface area (Å²) in [7, 11) is 0. The zero-order valence-corrected chi connectivity index (χ0v) is 15.3. The second-order valence-corrected chi connectivity index (χ2v) is 5.84. The van der Waals surface area contributed by atoms with Crippen LogP contribution in [0.15, 0.2) is 40.9 Å². The third kappa shape index (κ3) is 3.90. The molecule has 0 fully saturated rings. The van der Waals surface area contributed by atoms with E-state index in [1.54, 1.807) is 33.9 Å². The van der Waals surface area contributed by atoms with Crippen molar-refractivity contribution in [3.05, 3.63) is 52.1 Å². The SMILES string of the molecule is CCOC(=O)C1=C(C)NC(C)=C(C(=O)OCC)C1c1ccc(C)cn1. The molecular formula is C19H24N2O4. The van der Waals surface area contributed by atoms with Crippen LogP contribution in [0.5, 0.6) is 0 Å². The molecule has 0 aliphatic carbocycles. The first-order valence-corrected chi connectivity index (χ1v) is 8.36. The topological polar surface area (TPSA) is 77.5 Å². The van der Waals surface area contributed by atoms with Crippen molar-refractivity contribution >= 4 is 11.9 Å². The number of hydrogen-bond donors (Lipinski definition) is 1. The molecule has 0 radical (unpaired) electrons. The Morgan fingerprint density at radius 2 is 1.52 bits per heavy atom. The van der Waals surface area contributed by atoms with Crippen LogP contribution in [0.1, 0.15) is 44.9 Å². The second-order valence-electron chi connectivity index (χ2n) is 5.84. The molecule has 1 aromatic heterocycles. The van der Waals surface area contributed by atoms with E-state index in [1.165, 1.54) is 0 Å². The number of esters is 2. The Labute approximate surface area is 147 Å². The molecule has 0 spiro atoms. The number of dihydropyridines is 1. The number of carbonyl (C=O) groups excluding carboxylic acids is 2. The molecule has 1 N–H and O–H groups in total. The summed E-state index contributed by atoms with van der Waals surface area (Å²) in [6.45, 7) is 9.51. The van der Waals surface area contributed by atoms with Crippen LogP contribution >= 0.6 is 0 Å². The predicted molar refractivity (Wildman–Crippen MR) is 93.5 cm³/mol. The number of rotatable bonds is 5. The van der Waals surface area contributed by atoms with Gasteiger partial charge in [-0.25, -0.2) is 9.59 Å². The molecule has 25 heavy (non-hydrogen) atoms. The van der Waals surface area contributed by atoms with Gasteiger partial charge in [0.1, 0.15) is 0 Å². The molecule has 0 unspecified atom stereocenters. The van der Waals surface area contributed by atoms with Gasteiger partial charge < -0.3 is 14.8 Å². The van der Waals surface area contributed by atoms with E-state index in [0.717, 1.165) is 5.56 Å². The van der Waals surface area contributed by atoms with Gasteiger partial charge in [0.25, 0.3) is 0 Å². The van der Waals surface area contributed by atoms with Gasteiger partial charge in [-0.3, -0.25) is 4.98 Å². The van der Waals surface area contributed by atoms with Crippen LogP contribution in [0.2, 0.25) is 0 Å². The Morgan fingerprint density at radius 3 is 1.92 bits per heavy atom. The summed E-state index contributed by atoms with van der Waals surface area (Å²) in [6, 6.07) is 3.73. The van der Waals surface area contributed by atoms with Crippen LogP contribution in [0.4, 0.5) is 0 Å². The number of allylic oxidation sites excluding steroid dienone is 2. The highest BCUT2D eigenvalue weighted by Crippen LogP contribution is 2.38. The van der Waals surface area contributed by atoms with Crippen molar-refractivity contribution in [3.63, 3.8) is 0 Å². The number of aromatic nitrogens is 1. The number of aryl methyl sites for hydroxylation is 1. The van der Waals surface area contributed by atoms with E-state index in [9.17, 15) is 9.59 Å². The molecule has 2 rings (SSSR count). The van der Waals surface area contributed by atoms with E-state index in [2.05, 4.69) is 10.3 Å². The van der Waals surface area contributed by atoms with Crippen molar-refractivity contribution < 1.29 is 19.1 Å². The quantitative estimate of drug-likeness (QED) is 0.828. The number of carbonyl (C=O) groups is 2. The van der Waals surface area contributed by atoms with Crippen molar-refractivity contribution in [2.75, 3.05) is 13.2 Å². The normalized spacial score (nSPS) is 15.1. The maximum atomic E-state index is 12.6. The molecule has 0 aromatic carbocycles. The van der Waals surface area contributed by atoms with E-state index < -0.39 is 17.9 Å². The van der Waals surface area contributed by atoms with E-state index in [-0.39, 0.29) is 13.2 Å². The van der Waals surface area contributed by atoms with Crippen molar-refractivity contribution in [1.82, 2.24) is 10.3 Å². The van der Waals surface area contributed by atoms with E-state index in [1.807, 2.05) is 19.1 Å². The average Bonchev–Trinajstić information content (AvgIpc) is 2.55. The molecule has 0 bridgehead atoms. The number of hydrogen-bond acceptors (Lipinski definition) is 6. The minimum absolute atomic E-state index is 0.251. The Bertz CT molecular complexity index is 692. The molecule has 0 atom stereocenters. The Kier molecular flexibility index (Phi) is 5.96. The second kappa shape index (κ2) is 7.96. The smallest absolute Gasteiger partial charge is 0.336 e. The lowest BCUT2D eigenvalue weighted by Gasteiger charge is -2.29. The maximum absolute atomic E-state index is 12.6. The lowest BCUT2D eigenvalue weighted by Crippen LogP contribution is -2.33. The molecule has 134 valence electrons. The van der Waals surface area contributed by atoms with Gasteiger partial charge in [-0.15, -0.1) is 0 Å². The van der Waals surface area contributed by atoms with Gasteiger partial charge in [-0.05, 0) is 46.2 Å². The minimum Gasteiger partial charge on any atom is -0.463 e. The highest BCUT2D eigenvalue weighted by Gasteiger charge is 2.38. The summed E-state index contributed by atoms with van der Waals surface area (Å²) in [5, 5.41) is 3.10. The number of nitrogens with zero attached hydrogens (tertiary/aromatic N) is 1. The zero-order chi connectivity index (χ0) is 18.6. The predicted octanol–water partition coefficient (Wildman–Crippen LogP) is 2.75. The fourth-order valence-electron chi connectivity index (χ4n) is 2.90.